The van der Waals surface area contributed by atoms with E-state index in [2.05, 4.69) is 10.2 Å². The minimum absolute atomic E-state index is 0.172. The summed E-state index contributed by atoms with van der Waals surface area (Å²) in [6.45, 7) is 0.890. The molecule has 0 bridgehead atoms. The molecule has 5 nitrogen and oxygen atoms in total. The van der Waals surface area contributed by atoms with E-state index >= 15 is 0 Å². The molecule has 1 aromatic heterocycles. The fraction of sp³-hybridized carbons (Fsp3) is 0.474. The lowest BCUT2D eigenvalue weighted by Crippen LogP contribution is -2.34. The molecule has 1 unspecified atom stereocenters. The van der Waals surface area contributed by atoms with Gasteiger partial charge in [-0.2, -0.15) is 18.3 Å². The smallest absolute Gasteiger partial charge is 0.345 e. The van der Waals surface area contributed by atoms with E-state index in [0.717, 1.165) is 31.4 Å². The zero-order valence-electron chi connectivity index (χ0n) is 15.7. The summed E-state index contributed by atoms with van der Waals surface area (Å²) in [6, 6.07) is 2.91. The van der Waals surface area contributed by atoms with Gasteiger partial charge in [0.1, 0.15) is 5.82 Å². The zero-order valence-corrected chi connectivity index (χ0v) is 15.7. The molecule has 1 aromatic carbocycles. The molecule has 0 saturated carbocycles. The molecule has 9 heteroatoms. The molecular formula is C19H22F4N4O. The highest BCUT2D eigenvalue weighted by Crippen LogP contribution is 2.35. The van der Waals surface area contributed by atoms with Crippen molar-refractivity contribution in [2.24, 2.45) is 0 Å². The molecule has 2 aromatic rings. The van der Waals surface area contributed by atoms with Crippen LogP contribution in [0.3, 0.4) is 0 Å². The third-order valence-electron chi connectivity index (χ3n) is 4.97. The predicted molar refractivity (Wildman–Crippen MR) is 95.0 cm³/mol. The third-order valence-corrected chi connectivity index (χ3v) is 4.97. The number of hydrogen-bond acceptors (Lipinski definition) is 3. The van der Waals surface area contributed by atoms with Gasteiger partial charge in [0.15, 0.2) is 0 Å². The number of carbonyl (C=O) groups is 1. The van der Waals surface area contributed by atoms with Crippen molar-refractivity contribution in [2.45, 2.75) is 38.0 Å². The standard InChI is InChI=1S/C19H22F4N4O/c1-26(2)18(28)13-10-24-25-17(13)16-5-3-4-8-27(16)11-12-6-7-15(20)14(9-12)19(21,22)23/h6-7,9-10,16H,3-5,8,11H2,1-2H3,(H,24,25). The van der Waals surface area contributed by atoms with Crippen molar-refractivity contribution in [1.29, 1.82) is 0 Å². The summed E-state index contributed by atoms with van der Waals surface area (Å²) in [6.07, 6.45) is -0.675. The van der Waals surface area contributed by atoms with Crippen molar-refractivity contribution < 1.29 is 22.4 Å². The van der Waals surface area contributed by atoms with Crippen molar-refractivity contribution in [3.8, 4) is 0 Å². The number of halogens is 4. The molecule has 1 atom stereocenters. The van der Waals surface area contributed by atoms with E-state index in [-0.39, 0.29) is 18.5 Å². The van der Waals surface area contributed by atoms with E-state index in [9.17, 15) is 22.4 Å². The van der Waals surface area contributed by atoms with Gasteiger partial charge in [-0.25, -0.2) is 4.39 Å². The Balaban J connectivity index is 1.88. The highest BCUT2D eigenvalue weighted by molar-refractivity contribution is 5.94. The maximum Gasteiger partial charge on any atom is 0.419 e. The normalized spacial score (nSPS) is 18.3. The largest absolute Gasteiger partial charge is 0.419 e. The topological polar surface area (TPSA) is 52.2 Å². The molecule has 1 aliphatic rings. The number of aromatic amines is 1. The molecule has 0 radical (unpaired) electrons. The highest BCUT2D eigenvalue weighted by Gasteiger charge is 2.35. The van der Waals surface area contributed by atoms with Gasteiger partial charge in [-0.15, -0.1) is 0 Å². The minimum atomic E-state index is -4.74. The van der Waals surface area contributed by atoms with Crippen LogP contribution >= 0.6 is 0 Å². The summed E-state index contributed by atoms with van der Waals surface area (Å²) < 4.78 is 52.6. The van der Waals surface area contributed by atoms with Gasteiger partial charge in [-0.3, -0.25) is 14.8 Å². The number of nitrogens with one attached hydrogen (secondary N) is 1. The Morgan fingerprint density at radius 3 is 2.75 bits per heavy atom. The number of carbonyl (C=O) groups excluding carboxylic acids is 1. The lowest BCUT2D eigenvalue weighted by molar-refractivity contribution is -0.140. The molecule has 1 saturated heterocycles. The van der Waals surface area contributed by atoms with Crippen molar-refractivity contribution in [3.05, 3.63) is 52.6 Å². The molecular weight excluding hydrogens is 376 g/mol. The number of H-pyrrole nitrogens is 1. The average Bonchev–Trinajstić information content (AvgIpc) is 3.11. The average molecular weight is 398 g/mol. The summed E-state index contributed by atoms with van der Waals surface area (Å²) in [5, 5.41) is 6.90. The number of benzene rings is 1. The molecule has 152 valence electrons. The minimum Gasteiger partial charge on any atom is -0.345 e. The Kier molecular flexibility index (Phi) is 5.74. The maximum absolute atomic E-state index is 13.6. The molecule has 0 spiro atoms. The van der Waals surface area contributed by atoms with Crippen LogP contribution in [0.1, 0.15) is 52.5 Å². The number of alkyl halides is 3. The van der Waals surface area contributed by atoms with Crippen LogP contribution in [0.5, 0.6) is 0 Å². The Morgan fingerprint density at radius 1 is 1.32 bits per heavy atom. The molecule has 1 fully saturated rings. The van der Waals surface area contributed by atoms with E-state index in [1.807, 2.05) is 4.90 Å². The SMILES string of the molecule is CN(C)C(=O)c1cn[nH]c1C1CCCCN1Cc1ccc(F)c(C(F)(F)F)c1. The van der Waals surface area contributed by atoms with Crippen LogP contribution in [-0.4, -0.2) is 46.5 Å². The lowest BCUT2D eigenvalue weighted by atomic mass is 9.95. The predicted octanol–water partition coefficient (Wildman–Crippen LogP) is 4.00. The first-order valence-electron chi connectivity index (χ1n) is 9.03. The van der Waals surface area contributed by atoms with Crippen molar-refractivity contribution >= 4 is 5.91 Å². The van der Waals surface area contributed by atoms with Gasteiger partial charge in [0.2, 0.25) is 0 Å². The molecule has 1 aliphatic heterocycles. The molecule has 2 heterocycles. The van der Waals surface area contributed by atoms with Gasteiger partial charge in [-0.05, 0) is 37.1 Å². The van der Waals surface area contributed by atoms with E-state index in [1.165, 1.54) is 17.2 Å². The Hall–Kier alpha value is -2.42. The first-order valence-corrected chi connectivity index (χ1v) is 9.03. The summed E-state index contributed by atoms with van der Waals surface area (Å²) in [7, 11) is 3.30. The zero-order chi connectivity index (χ0) is 20.5. The Labute approximate surface area is 160 Å². The lowest BCUT2D eigenvalue weighted by Gasteiger charge is -2.35. The second-order valence-electron chi connectivity index (χ2n) is 7.19. The maximum atomic E-state index is 13.6. The number of rotatable bonds is 4. The Morgan fingerprint density at radius 2 is 2.07 bits per heavy atom. The first kappa shape index (κ1) is 20.3. The van der Waals surface area contributed by atoms with Crippen LogP contribution in [-0.2, 0) is 12.7 Å². The number of likely N-dealkylation sites (tertiary alicyclic amines) is 1. The Bertz CT molecular complexity index is 847. The number of aromatic nitrogens is 2. The summed E-state index contributed by atoms with van der Waals surface area (Å²) in [4.78, 5) is 15.9. The fourth-order valence-electron chi connectivity index (χ4n) is 3.59. The first-order chi connectivity index (χ1) is 13.2. The molecule has 28 heavy (non-hydrogen) atoms. The van der Waals surface area contributed by atoms with Crippen LogP contribution < -0.4 is 0 Å². The highest BCUT2D eigenvalue weighted by atomic mass is 19.4. The van der Waals surface area contributed by atoms with E-state index in [4.69, 9.17) is 0 Å². The van der Waals surface area contributed by atoms with Crippen molar-refractivity contribution in [3.63, 3.8) is 0 Å². The van der Waals surface area contributed by atoms with Crippen LogP contribution in [0.25, 0.3) is 0 Å². The van der Waals surface area contributed by atoms with E-state index in [1.54, 1.807) is 14.1 Å². The van der Waals surface area contributed by atoms with Gasteiger partial charge in [0, 0.05) is 20.6 Å². The number of piperidine rings is 1. The number of nitrogens with zero attached hydrogens (tertiary/aromatic N) is 3. The van der Waals surface area contributed by atoms with Gasteiger partial charge in [0.25, 0.3) is 5.91 Å². The van der Waals surface area contributed by atoms with Gasteiger partial charge < -0.3 is 4.90 Å². The van der Waals surface area contributed by atoms with Crippen LogP contribution in [0.2, 0.25) is 0 Å². The van der Waals surface area contributed by atoms with Crippen LogP contribution in [0, 0.1) is 5.82 Å². The molecule has 1 N–H and O–H groups in total. The fourth-order valence-corrected chi connectivity index (χ4v) is 3.59. The summed E-state index contributed by atoms with van der Waals surface area (Å²) in [5.74, 6) is -1.46. The number of hydrogen-bond donors (Lipinski definition) is 1. The summed E-state index contributed by atoms with van der Waals surface area (Å²) in [5.41, 5.74) is 0.234. The van der Waals surface area contributed by atoms with Crippen molar-refractivity contribution in [1.82, 2.24) is 20.0 Å². The number of amides is 1. The molecule has 1 amide bonds. The van der Waals surface area contributed by atoms with E-state index < -0.39 is 17.6 Å². The van der Waals surface area contributed by atoms with Gasteiger partial charge in [-0.1, -0.05) is 12.5 Å². The van der Waals surface area contributed by atoms with Gasteiger partial charge in [0.05, 0.1) is 29.1 Å². The molecule has 0 aliphatic carbocycles. The summed E-state index contributed by atoms with van der Waals surface area (Å²) >= 11 is 0. The quantitative estimate of drug-likeness (QED) is 0.793. The third kappa shape index (κ3) is 4.19. The van der Waals surface area contributed by atoms with Crippen LogP contribution in [0.15, 0.2) is 24.4 Å². The second kappa shape index (κ2) is 7.90. The van der Waals surface area contributed by atoms with Crippen LogP contribution in [0.4, 0.5) is 17.6 Å². The monoisotopic (exact) mass is 398 g/mol. The van der Waals surface area contributed by atoms with Crippen molar-refractivity contribution in [2.75, 3.05) is 20.6 Å². The van der Waals surface area contributed by atoms with Gasteiger partial charge >= 0.3 is 6.18 Å². The second-order valence-corrected chi connectivity index (χ2v) is 7.19. The molecule has 3 rings (SSSR count). The van der Waals surface area contributed by atoms with E-state index in [0.29, 0.717) is 23.4 Å².